The van der Waals surface area contributed by atoms with E-state index in [1.54, 1.807) is 6.20 Å². The Kier molecular flexibility index (Phi) is 4.38. The van der Waals surface area contributed by atoms with Crippen molar-refractivity contribution < 1.29 is 0 Å². The van der Waals surface area contributed by atoms with E-state index in [1.807, 2.05) is 39.0 Å². The highest BCUT2D eigenvalue weighted by molar-refractivity contribution is 5.29. The molecule has 0 aromatic carbocycles. The van der Waals surface area contributed by atoms with Crippen molar-refractivity contribution in [2.24, 2.45) is 5.73 Å². The lowest BCUT2D eigenvalue weighted by Crippen LogP contribution is -1.85. The molecule has 0 aliphatic rings. The van der Waals surface area contributed by atoms with Gasteiger partial charge in [-0.25, -0.2) is 0 Å². The summed E-state index contributed by atoms with van der Waals surface area (Å²) in [5.41, 5.74) is 7.65. The molecule has 0 radical (unpaired) electrons. The van der Waals surface area contributed by atoms with Crippen molar-refractivity contribution in [3.8, 4) is 0 Å². The Balaban J connectivity index is 4.19. The zero-order valence-electron chi connectivity index (χ0n) is 6.89. The third kappa shape index (κ3) is 3.13. The Morgan fingerprint density at radius 1 is 1.20 bits per heavy atom. The van der Waals surface area contributed by atoms with Gasteiger partial charge in [-0.1, -0.05) is 18.2 Å². The molecule has 2 N–H and O–H groups in total. The topological polar surface area (TPSA) is 26.0 Å². The number of hydrogen-bond acceptors (Lipinski definition) is 1. The largest absolute Gasteiger partial charge is 0.404 e. The van der Waals surface area contributed by atoms with Crippen LogP contribution in [0, 0.1) is 0 Å². The molecule has 0 bridgehead atoms. The Labute approximate surface area is 62.9 Å². The first-order valence-electron chi connectivity index (χ1n) is 3.40. The van der Waals surface area contributed by atoms with Crippen molar-refractivity contribution in [2.45, 2.75) is 20.8 Å². The van der Waals surface area contributed by atoms with Crippen LogP contribution < -0.4 is 5.73 Å². The van der Waals surface area contributed by atoms with E-state index < -0.39 is 0 Å². The van der Waals surface area contributed by atoms with Crippen LogP contribution in [0.4, 0.5) is 0 Å². The average molecular weight is 137 g/mol. The minimum absolute atomic E-state index is 1.12. The highest BCUT2D eigenvalue weighted by Crippen LogP contribution is 2.05. The van der Waals surface area contributed by atoms with E-state index >= 15 is 0 Å². The summed E-state index contributed by atoms with van der Waals surface area (Å²) in [6, 6.07) is 0. The van der Waals surface area contributed by atoms with E-state index in [9.17, 15) is 0 Å². The summed E-state index contributed by atoms with van der Waals surface area (Å²) in [5, 5.41) is 0. The van der Waals surface area contributed by atoms with E-state index in [4.69, 9.17) is 5.73 Å². The summed E-state index contributed by atoms with van der Waals surface area (Å²) in [7, 11) is 0. The predicted molar refractivity (Wildman–Crippen MR) is 46.5 cm³/mol. The maximum absolute atomic E-state index is 5.32. The third-order valence-electron chi connectivity index (χ3n) is 1.41. The lowest BCUT2D eigenvalue weighted by Gasteiger charge is -1.95. The van der Waals surface area contributed by atoms with E-state index in [-0.39, 0.29) is 0 Å². The number of nitrogens with two attached hydrogens (primary N) is 1. The summed E-state index contributed by atoms with van der Waals surface area (Å²) in [6.45, 7) is 6.03. The first-order valence-corrected chi connectivity index (χ1v) is 3.40. The van der Waals surface area contributed by atoms with E-state index in [0.717, 1.165) is 5.57 Å². The van der Waals surface area contributed by atoms with Gasteiger partial charge in [0.15, 0.2) is 0 Å². The Morgan fingerprint density at radius 3 is 2.20 bits per heavy atom. The highest BCUT2D eigenvalue weighted by Gasteiger charge is 1.86. The Bertz CT molecular complexity index is 173. The molecule has 0 spiro atoms. The molecule has 0 rings (SSSR count). The molecule has 1 nitrogen and oxygen atoms in total. The molecule has 0 fully saturated rings. The van der Waals surface area contributed by atoms with E-state index in [2.05, 4.69) is 0 Å². The number of rotatable bonds is 2. The van der Waals surface area contributed by atoms with Gasteiger partial charge in [-0.15, -0.1) is 0 Å². The van der Waals surface area contributed by atoms with Crippen LogP contribution in [0.1, 0.15) is 20.8 Å². The molecule has 56 valence electrons. The molecule has 10 heavy (non-hydrogen) atoms. The maximum atomic E-state index is 5.32. The standard InChI is InChI=1S/C9H15N/c1-4-5-6-8(2)9(3)7-10/h4-7H,10H2,1-3H3/b5-4-,8-6-,9-7-. The molecule has 0 saturated carbocycles. The SMILES string of the molecule is C\C=C/C=C(C)\C(C)=C/N. The molecular formula is C9H15N. The first-order chi connectivity index (χ1) is 4.72. The van der Waals surface area contributed by atoms with Gasteiger partial charge in [-0.2, -0.15) is 0 Å². The molecule has 1 heteroatoms. The second kappa shape index (κ2) is 4.86. The predicted octanol–water partition coefficient (Wildman–Crippen LogP) is 2.37. The summed E-state index contributed by atoms with van der Waals surface area (Å²) < 4.78 is 0. The van der Waals surface area contributed by atoms with Crippen molar-refractivity contribution in [3.63, 3.8) is 0 Å². The zero-order valence-corrected chi connectivity index (χ0v) is 6.89. The second-order valence-corrected chi connectivity index (χ2v) is 2.23. The van der Waals surface area contributed by atoms with Gasteiger partial charge in [0.05, 0.1) is 0 Å². The van der Waals surface area contributed by atoms with Gasteiger partial charge in [0, 0.05) is 0 Å². The summed E-state index contributed by atoms with van der Waals surface area (Å²) >= 11 is 0. The molecule has 0 aliphatic carbocycles. The van der Waals surface area contributed by atoms with Crippen molar-refractivity contribution in [2.75, 3.05) is 0 Å². The Morgan fingerprint density at radius 2 is 1.80 bits per heavy atom. The van der Waals surface area contributed by atoms with Crippen LogP contribution in [-0.4, -0.2) is 0 Å². The van der Waals surface area contributed by atoms with Gasteiger partial charge in [0.1, 0.15) is 0 Å². The summed E-state index contributed by atoms with van der Waals surface area (Å²) in [5.74, 6) is 0. The summed E-state index contributed by atoms with van der Waals surface area (Å²) in [6.07, 6.45) is 7.66. The molecular weight excluding hydrogens is 122 g/mol. The van der Waals surface area contributed by atoms with Gasteiger partial charge in [-0.05, 0) is 38.1 Å². The third-order valence-corrected chi connectivity index (χ3v) is 1.41. The normalized spacial score (nSPS) is 14.7. The number of allylic oxidation sites excluding steroid dienone is 5. The van der Waals surface area contributed by atoms with Crippen LogP contribution in [0.25, 0.3) is 0 Å². The lowest BCUT2D eigenvalue weighted by molar-refractivity contribution is 1.31. The van der Waals surface area contributed by atoms with Crippen LogP contribution in [-0.2, 0) is 0 Å². The lowest BCUT2D eigenvalue weighted by atomic mass is 10.1. The fraction of sp³-hybridized carbons (Fsp3) is 0.333. The minimum atomic E-state index is 1.12. The second-order valence-electron chi connectivity index (χ2n) is 2.23. The van der Waals surface area contributed by atoms with Crippen molar-refractivity contribution in [3.05, 3.63) is 35.6 Å². The first kappa shape index (κ1) is 9.02. The smallest absolute Gasteiger partial charge is 0.00299 e. The fourth-order valence-corrected chi connectivity index (χ4v) is 0.503. The monoisotopic (exact) mass is 137 g/mol. The van der Waals surface area contributed by atoms with Gasteiger partial charge in [0.25, 0.3) is 0 Å². The number of hydrogen-bond donors (Lipinski definition) is 1. The molecule has 0 aromatic heterocycles. The van der Waals surface area contributed by atoms with Crippen LogP contribution >= 0.6 is 0 Å². The molecule has 0 unspecified atom stereocenters. The van der Waals surface area contributed by atoms with Gasteiger partial charge < -0.3 is 5.73 Å². The van der Waals surface area contributed by atoms with Crippen molar-refractivity contribution >= 4 is 0 Å². The van der Waals surface area contributed by atoms with Crippen LogP contribution in [0.2, 0.25) is 0 Å². The fourth-order valence-electron chi connectivity index (χ4n) is 0.503. The average Bonchev–Trinajstić information content (AvgIpc) is 1.98. The van der Waals surface area contributed by atoms with Gasteiger partial charge in [0.2, 0.25) is 0 Å². The molecule has 0 atom stereocenters. The molecule has 0 saturated heterocycles. The van der Waals surface area contributed by atoms with Crippen molar-refractivity contribution in [1.82, 2.24) is 0 Å². The van der Waals surface area contributed by atoms with E-state index in [1.165, 1.54) is 5.57 Å². The zero-order chi connectivity index (χ0) is 7.98. The Hall–Kier alpha value is -0.980. The molecule has 0 aliphatic heterocycles. The minimum Gasteiger partial charge on any atom is -0.404 e. The van der Waals surface area contributed by atoms with Gasteiger partial charge in [-0.3, -0.25) is 0 Å². The van der Waals surface area contributed by atoms with Crippen molar-refractivity contribution in [1.29, 1.82) is 0 Å². The maximum Gasteiger partial charge on any atom is -0.00299 e. The van der Waals surface area contributed by atoms with Crippen LogP contribution in [0.3, 0.4) is 0 Å². The summed E-state index contributed by atoms with van der Waals surface area (Å²) in [4.78, 5) is 0. The molecule has 0 heterocycles. The molecule has 0 aromatic rings. The van der Waals surface area contributed by atoms with Gasteiger partial charge >= 0.3 is 0 Å². The highest BCUT2D eigenvalue weighted by atomic mass is 14.5. The molecule has 0 amide bonds. The van der Waals surface area contributed by atoms with E-state index in [0.29, 0.717) is 0 Å². The quantitative estimate of drug-likeness (QED) is 0.581. The van der Waals surface area contributed by atoms with Crippen LogP contribution in [0.5, 0.6) is 0 Å². The van der Waals surface area contributed by atoms with Crippen LogP contribution in [0.15, 0.2) is 35.6 Å².